The number of hydrogen-bond donors (Lipinski definition) is 1. The van der Waals surface area contributed by atoms with Crippen LogP contribution in [0.4, 0.5) is 5.69 Å². The van der Waals surface area contributed by atoms with Gasteiger partial charge in [-0.05, 0) is 57.1 Å². The summed E-state index contributed by atoms with van der Waals surface area (Å²) in [5, 5.41) is 3.29. The second-order valence-corrected chi connectivity index (χ2v) is 6.07. The molecular weight excluding hydrogens is 246 g/mol. The average molecular weight is 275 g/mol. The summed E-state index contributed by atoms with van der Waals surface area (Å²) in [5.41, 5.74) is 2.71. The summed E-state index contributed by atoms with van der Waals surface area (Å²) in [5.74, 6) is 0. The lowest BCUT2D eigenvalue weighted by Gasteiger charge is -2.36. The number of hydrogen-bond acceptors (Lipinski definition) is 3. The van der Waals surface area contributed by atoms with Crippen molar-refractivity contribution < 1.29 is 0 Å². The van der Waals surface area contributed by atoms with Gasteiger partial charge in [-0.25, -0.2) is 0 Å². The monoisotopic (exact) mass is 275 g/mol. The highest BCUT2D eigenvalue weighted by Crippen LogP contribution is 2.22. The van der Waals surface area contributed by atoms with E-state index >= 15 is 0 Å². The first-order valence-corrected chi connectivity index (χ1v) is 7.85. The second kappa shape index (κ2) is 7.65. The molecule has 0 radical (unpaired) electrons. The van der Waals surface area contributed by atoms with Crippen molar-refractivity contribution in [3.63, 3.8) is 0 Å². The van der Waals surface area contributed by atoms with Gasteiger partial charge in [0.2, 0.25) is 0 Å². The zero-order valence-corrected chi connectivity index (χ0v) is 13.2. The van der Waals surface area contributed by atoms with Crippen molar-refractivity contribution in [3.05, 3.63) is 29.8 Å². The van der Waals surface area contributed by atoms with Crippen molar-refractivity contribution in [3.8, 4) is 0 Å². The Balaban J connectivity index is 1.95. The highest BCUT2D eigenvalue weighted by Gasteiger charge is 2.21. The molecule has 1 heterocycles. The summed E-state index contributed by atoms with van der Waals surface area (Å²) < 4.78 is 0. The van der Waals surface area contributed by atoms with E-state index in [0.29, 0.717) is 0 Å². The lowest BCUT2D eigenvalue weighted by Crippen LogP contribution is -2.40. The molecule has 1 aromatic carbocycles. The summed E-state index contributed by atoms with van der Waals surface area (Å²) in [6, 6.07) is 9.76. The van der Waals surface area contributed by atoms with E-state index < -0.39 is 0 Å². The number of rotatable bonds is 6. The molecule has 0 amide bonds. The minimum absolute atomic E-state index is 0.754. The molecule has 3 heteroatoms. The molecule has 1 aromatic rings. The molecule has 1 aliphatic heterocycles. The molecule has 0 saturated carbocycles. The van der Waals surface area contributed by atoms with E-state index in [1.165, 1.54) is 43.5 Å². The summed E-state index contributed by atoms with van der Waals surface area (Å²) in [6.07, 6.45) is 5.38. The lowest BCUT2D eigenvalue weighted by molar-refractivity contribution is 0.132. The molecule has 0 spiro atoms. The van der Waals surface area contributed by atoms with Crippen molar-refractivity contribution in [1.29, 1.82) is 0 Å². The molecule has 1 unspecified atom stereocenters. The molecule has 1 atom stereocenters. The van der Waals surface area contributed by atoms with Crippen LogP contribution < -0.4 is 10.2 Å². The first-order valence-electron chi connectivity index (χ1n) is 7.85. The molecule has 1 fully saturated rings. The van der Waals surface area contributed by atoms with Crippen LogP contribution in [0, 0.1) is 0 Å². The van der Waals surface area contributed by atoms with Crippen molar-refractivity contribution in [1.82, 2.24) is 10.2 Å². The van der Waals surface area contributed by atoms with E-state index in [-0.39, 0.29) is 0 Å². The number of anilines is 1. The van der Waals surface area contributed by atoms with Crippen molar-refractivity contribution in [2.45, 2.75) is 38.3 Å². The van der Waals surface area contributed by atoms with Crippen molar-refractivity contribution >= 4 is 5.69 Å². The predicted molar refractivity (Wildman–Crippen MR) is 87.4 cm³/mol. The van der Waals surface area contributed by atoms with E-state index in [2.05, 4.69) is 53.5 Å². The summed E-state index contributed by atoms with van der Waals surface area (Å²) >= 11 is 0. The van der Waals surface area contributed by atoms with Crippen LogP contribution in [0.15, 0.2) is 24.3 Å². The maximum Gasteiger partial charge on any atom is 0.0361 e. The molecule has 112 valence electrons. The van der Waals surface area contributed by atoms with Crippen molar-refractivity contribution in [2.24, 2.45) is 0 Å². The number of nitrogens with one attached hydrogen (secondary N) is 1. The zero-order valence-electron chi connectivity index (χ0n) is 13.2. The molecule has 1 saturated heterocycles. The summed E-state index contributed by atoms with van der Waals surface area (Å²) in [4.78, 5) is 4.83. The van der Waals surface area contributed by atoms with Crippen LogP contribution >= 0.6 is 0 Å². The van der Waals surface area contributed by atoms with Crippen LogP contribution in [-0.4, -0.2) is 45.2 Å². The van der Waals surface area contributed by atoms with Gasteiger partial charge in [0.1, 0.15) is 0 Å². The molecule has 3 nitrogen and oxygen atoms in total. The molecule has 0 bridgehead atoms. The summed E-state index contributed by atoms with van der Waals surface area (Å²) in [6.45, 7) is 3.48. The van der Waals surface area contributed by atoms with E-state index in [1.54, 1.807) is 0 Å². The Morgan fingerprint density at radius 2 is 1.95 bits per heavy atom. The summed E-state index contributed by atoms with van der Waals surface area (Å²) in [7, 11) is 6.23. The van der Waals surface area contributed by atoms with Gasteiger partial charge < -0.3 is 10.2 Å². The first kappa shape index (κ1) is 15.3. The maximum absolute atomic E-state index is 3.29. The Hall–Kier alpha value is -1.06. The lowest BCUT2D eigenvalue weighted by atomic mass is 9.98. The first-order chi connectivity index (χ1) is 9.70. The maximum atomic E-state index is 3.29. The third kappa shape index (κ3) is 4.22. The third-order valence-corrected chi connectivity index (χ3v) is 4.32. The topological polar surface area (TPSA) is 18.5 Å². The smallest absolute Gasteiger partial charge is 0.0361 e. The van der Waals surface area contributed by atoms with Crippen LogP contribution in [0.5, 0.6) is 0 Å². The largest absolute Gasteiger partial charge is 0.378 e. The van der Waals surface area contributed by atoms with Crippen molar-refractivity contribution in [2.75, 3.05) is 39.1 Å². The molecule has 0 aromatic heterocycles. The Kier molecular flexibility index (Phi) is 5.86. The number of benzene rings is 1. The highest BCUT2D eigenvalue weighted by atomic mass is 15.2. The van der Waals surface area contributed by atoms with Gasteiger partial charge in [0.05, 0.1) is 0 Å². The fourth-order valence-electron chi connectivity index (χ4n) is 3.04. The quantitative estimate of drug-likeness (QED) is 0.861. The van der Waals surface area contributed by atoms with Gasteiger partial charge in [0.15, 0.2) is 0 Å². The molecule has 20 heavy (non-hydrogen) atoms. The zero-order chi connectivity index (χ0) is 14.4. The van der Waals surface area contributed by atoms with Gasteiger partial charge in [-0.1, -0.05) is 18.6 Å². The fraction of sp³-hybridized carbons (Fsp3) is 0.647. The van der Waals surface area contributed by atoms with E-state index in [1.807, 2.05) is 7.05 Å². The van der Waals surface area contributed by atoms with Gasteiger partial charge in [-0.3, -0.25) is 4.90 Å². The van der Waals surface area contributed by atoms with Crippen LogP contribution in [0.2, 0.25) is 0 Å². The average Bonchev–Trinajstić information content (AvgIpc) is 2.47. The van der Waals surface area contributed by atoms with Crippen LogP contribution in [0.25, 0.3) is 0 Å². The Morgan fingerprint density at radius 3 is 2.60 bits per heavy atom. The normalized spacial score (nSPS) is 20.1. The standard InChI is InChI=1S/C17H29N3/c1-18-12-11-17-6-4-5-13-20(17)14-15-7-9-16(10-8-15)19(2)3/h7-10,17-18H,4-6,11-14H2,1-3H3. The molecule has 2 rings (SSSR count). The van der Waals surface area contributed by atoms with Gasteiger partial charge in [0, 0.05) is 32.4 Å². The fourth-order valence-corrected chi connectivity index (χ4v) is 3.04. The molecular formula is C17H29N3. The third-order valence-electron chi connectivity index (χ3n) is 4.32. The molecule has 0 aliphatic carbocycles. The highest BCUT2D eigenvalue weighted by molar-refractivity contribution is 5.45. The Morgan fingerprint density at radius 1 is 1.20 bits per heavy atom. The second-order valence-electron chi connectivity index (χ2n) is 6.07. The minimum atomic E-state index is 0.754. The van der Waals surface area contributed by atoms with E-state index in [9.17, 15) is 0 Å². The van der Waals surface area contributed by atoms with Gasteiger partial charge in [0.25, 0.3) is 0 Å². The van der Waals surface area contributed by atoms with Crippen LogP contribution in [0.1, 0.15) is 31.2 Å². The van der Waals surface area contributed by atoms with Crippen LogP contribution in [-0.2, 0) is 6.54 Å². The molecule has 1 aliphatic rings. The number of piperidine rings is 1. The van der Waals surface area contributed by atoms with Gasteiger partial charge in [-0.2, -0.15) is 0 Å². The van der Waals surface area contributed by atoms with E-state index in [0.717, 1.165) is 19.1 Å². The Bertz CT molecular complexity index is 386. The van der Waals surface area contributed by atoms with E-state index in [4.69, 9.17) is 0 Å². The number of nitrogens with zero attached hydrogens (tertiary/aromatic N) is 2. The Labute approximate surface area is 124 Å². The number of likely N-dealkylation sites (tertiary alicyclic amines) is 1. The minimum Gasteiger partial charge on any atom is -0.378 e. The van der Waals surface area contributed by atoms with Gasteiger partial charge in [-0.15, -0.1) is 0 Å². The van der Waals surface area contributed by atoms with Gasteiger partial charge >= 0.3 is 0 Å². The predicted octanol–water partition coefficient (Wildman–Crippen LogP) is 2.72. The molecule has 1 N–H and O–H groups in total. The SMILES string of the molecule is CNCCC1CCCCN1Cc1ccc(N(C)C)cc1. The van der Waals surface area contributed by atoms with Crippen LogP contribution in [0.3, 0.4) is 0 Å².